The largest absolute Gasteiger partial charge is 0.373 e. The Kier molecular flexibility index (Phi) is 4.57. The summed E-state index contributed by atoms with van der Waals surface area (Å²) in [6, 6.07) is 0. The lowest BCUT2D eigenvalue weighted by atomic mass is 9.85. The van der Waals surface area contributed by atoms with Crippen LogP contribution in [0.4, 0.5) is 5.13 Å². The molecule has 116 valence electrons. The normalized spacial score (nSPS) is 27.3. The lowest BCUT2D eigenvalue weighted by Crippen LogP contribution is -2.44. The van der Waals surface area contributed by atoms with Crippen LogP contribution >= 0.6 is 11.3 Å². The maximum absolute atomic E-state index is 11.9. The second kappa shape index (κ2) is 6.42. The van der Waals surface area contributed by atoms with E-state index in [1.54, 1.807) is 0 Å². The molecule has 1 aliphatic heterocycles. The third-order valence-corrected chi connectivity index (χ3v) is 4.95. The highest BCUT2D eigenvalue weighted by Gasteiger charge is 2.26. The van der Waals surface area contributed by atoms with Gasteiger partial charge < -0.3 is 10.1 Å². The highest BCUT2D eigenvalue weighted by molar-refractivity contribution is 7.13. The number of nitrogens with one attached hydrogen (secondary N) is 1. The predicted molar refractivity (Wildman–Crippen MR) is 83.4 cm³/mol. The molecule has 1 aromatic rings. The SMILES string of the molecule is CC1CN(Cc2csc(NC(=O)C3CCC3)n2)CC(C)O1. The minimum atomic E-state index is 0.135. The highest BCUT2D eigenvalue weighted by Crippen LogP contribution is 2.28. The van der Waals surface area contributed by atoms with Crippen LogP contribution in [0.25, 0.3) is 0 Å². The number of morpholine rings is 1. The maximum Gasteiger partial charge on any atom is 0.229 e. The molecule has 1 aliphatic carbocycles. The Morgan fingerprint density at radius 1 is 1.43 bits per heavy atom. The molecule has 1 N–H and O–H groups in total. The van der Waals surface area contributed by atoms with Crippen molar-refractivity contribution in [2.75, 3.05) is 18.4 Å². The van der Waals surface area contributed by atoms with Gasteiger partial charge in [0.2, 0.25) is 5.91 Å². The fourth-order valence-electron chi connectivity index (χ4n) is 2.96. The van der Waals surface area contributed by atoms with Gasteiger partial charge in [-0.25, -0.2) is 4.98 Å². The summed E-state index contributed by atoms with van der Waals surface area (Å²) in [6.07, 6.45) is 3.76. The molecule has 1 saturated carbocycles. The first-order valence-electron chi connectivity index (χ1n) is 7.73. The van der Waals surface area contributed by atoms with E-state index >= 15 is 0 Å². The Labute approximate surface area is 129 Å². The van der Waals surface area contributed by atoms with Crippen LogP contribution < -0.4 is 5.32 Å². The molecule has 1 aromatic heterocycles. The standard InChI is InChI=1S/C15H23N3O2S/c1-10-6-18(7-11(2)20-10)8-13-9-21-15(16-13)17-14(19)12-4-3-5-12/h9-12H,3-8H2,1-2H3,(H,16,17,19). The van der Waals surface area contributed by atoms with Crippen molar-refractivity contribution in [3.63, 3.8) is 0 Å². The van der Waals surface area contributed by atoms with Crippen molar-refractivity contribution >= 4 is 22.4 Å². The number of hydrogen-bond acceptors (Lipinski definition) is 5. The van der Waals surface area contributed by atoms with E-state index in [0.717, 1.165) is 43.3 Å². The summed E-state index contributed by atoms with van der Waals surface area (Å²) in [5, 5.41) is 5.72. The van der Waals surface area contributed by atoms with Gasteiger partial charge in [-0.1, -0.05) is 6.42 Å². The number of amides is 1. The van der Waals surface area contributed by atoms with Gasteiger partial charge in [-0.15, -0.1) is 11.3 Å². The van der Waals surface area contributed by atoms with Gasteiger partial charge in [-0.05, 0) is 26.7 Å². The van der Waals surface area contributed by atoms with E-state index in [2.05, 4.69) is 29.0 Å². The zero-order chi connectivity index (χ0) is 14.8. The number of aromatic nitrogens is 1. The minimum Gasteiger partial charge on any atom is -0.373 e. The van der Waals surface area contributed by atoms with Crippen LogP contribution in [0.3, 0.4) is 0 Å². The number of rotatable bonds is 4. The molecule has 2 heterocycles. The molecular weight excluding hydrogens is 286 g/mol. The Hall–Kier alpha value is -0.980. The number of ether oxygens (including phenoxy) is 1. The molecule has 2 fully saturated rings. The van der Waals surface area contributed by atoms with Gasteiger partial charge in [0, 0.05) is 30.9 Å². The molecule has 0 aromatic carbocycles. The van der Waals surface area contributed by atoms with Crippen molar-refractivity contribution in [1.29, 1.82) is 0 Å². The lowest BCUT2D eigenvalue weighted by Gasteiger charge is -2.34. The van der Waals surface area contributed by atoms with E-state index in [1.165, 1.54) is 17.8 Å². The van der Waals surface area contributed by atoms with Gasteiger partial charge in [0.1, 0.15) is 0 Å². The number of hydrogen-bond donors (Lipinski definition) is 1. The first kappa shape index (κ1) is 14.9. The summed E-state index contributed by atoms with van der Waals surface area (Å²) in [5.74, 6) is 0.342. The predicted octanol–water partition coefficient (Wildman–Crippen LogP) is 2.49. The van der Waals surface area contributed by atoms with Crippen molar-refractivity contribution in [2.45, 2.75) is 51.9 Å². The molecule has 2 unspecified atom stereocenters. The molecule has 0 radical (unpaired) electrons. The smallest absolute Gasteiger partial charge is 0.229 e. The van der Waals surface area contributed by atoms with Crippen LogP contribution in [0.5, 0.6) is 0 Å². The topological polar surface area (TPSA) is 54.5 Å². The van der Waals surface area contributed by atoms with Crippen LogP contribution in [0.2, 0.25) is 0 Å². The molecule has 1 saturated heterocycles. The Morgan fingerprint density at radius 3 is 2.76 bits per heavy atom. The van der Waals surface area contributed by atoms with E-state index in [0.29, 0.717) is 0 Å². The number of nitrogens with zero attached hydrogens (tertiary/aromatic N) is 2. The van der Waals surface area contributed by atoms with Crippen molar-refractivity contribution in [2.24, 2.45) is 5.92 Å². The molecule has 5 nitrogen and oxygen atoms in total. The molecule has 2 atom stereocenters. The summed E-state index contributed by atoms with van der Waals surface area (Å²) in [4.78, 5) is 18.8. The van der Waals surface area contributed by atoms with Crippen LogP contribution in [0, 0.1) is 5.92 Å². The Bertz CT molecular complexity index is 491. The van der Waals surface area contributed by atoms with Crippen molar-refractivity contribution in [1.82, 2.24) is 9.88 Å². The molecule has 0 spiro atoms. The third kappa shape index (κ3) is 3.81. The van der Waals surface area contributed by atoms with Gasteiger partial charge in [-0.2, -0.15) is 0 Å². The Morgan fingerprint density at radius 2 is 2.14 bits per heavy atom. The van der Waals surface area contributed by atoms with Crippen molar-refractivity contribution in [3.05, 3.63) is 11.1 Å². The summed E-state index contributed by atoms with van der Waals surface area (Å²) in [6.45, 7) is 6.91. The first-order chi connectivity index (χ1) is 10.1. The van der Waals surface area contributed by atoms with E-state index in [4.69, 9.17) is 4.74 Å². The van der Waals surface area contributed by atoms with E-state index in [1.807, 2.05) is 5.38 Å². The quantitative estimate of drug-likeness (QED) is 0.928. The highest BCUT2D eigenvalue weighted by atomic mass is 32.1. The van der Waals surface area contributed by atoms with Gasteiger partial charge in [-0.3, -0.25) is 9.69 Å². The van der Waals surface area contributed by atoms with Crippen LogP contribution in [-0.2, 0) is 16.1 Å². The average Bonchev–Trinajstić information content (AvgIpc) is 2.72. The number of anilines is 1. The average molecular weight is 309 g/mol. The molecule has 2 aliphatic rings. The molecule has 21 heavy (non-hydrogen) atoms. The minimum absolute atomic E-state index is 0.135. The van der Waals surface area contributed by atoms with Gasteiger partial charge in [0.05, 0.1) is 17.9 Å². The third-order valence-electron chi connectivity index (χ3n) is 4.14. The fourth-order valence-corrected chi connectivity index (χ4v) is 3.66. The van der Waals surface area contributed by atoms with Crippen molar-refractivity contribution in [3.8, 4) is 0 Å². The van der Waals surface area contributed by atoms with E-state index in [-0.39, 0.29) is 24.0 Å². The van der Waals surface area contributed by atoms with E-state index < -0.39 is 0 Å². The maximum atomic E-state index is 11.9. The summed E-state index contributed by atoms with van der Waals surface area (Å²) < 4.78 is 5.74. The lowest BCUT2D eigenvalue weighted by molar-refractivity contribution is -0.122. The molecular formula is C15H23N3O2S. The van der Waals surface area contributed by atoms with Crippen LogP contribution in [0.15, 0.2) is 5.38 Å². The zero-order valence-electron chi connectivity index (χ0n) is 12.7. The van der Waals surface area contributed by atoms with Crippen LogP contribution in [-0.4, -0.2) is 41.1 Å². The van der Waals surface area contributed by atoms with Crippen molar-refractivity contribution < 1.29 is 9.53 Å². The monoisotopic (exact) mass is 309 g/mol. The van der Waals surface area contributed by atoms with Crippen LogP contribution in [0.1, 0.15) is 38.8 Å². The molecule has 6 heteroatoms. The summed E-state index contributed by atoms with van der Waals surface area (Å²) >= 11 is 1.52. The number of carbonyl (C=O) groups is 1. The zero-order valence-corrected chi connectivity index (χ0v) is 13.5. The second-order valence-electron chi connectivity index (χ2n) is 6.21. The summed E-state index contributed by atoms with van der Waals surface area (Å²) in [7, 11) is 0. The fraction of sp³-hybridized carbons (Fsp3) is 0.733. The van der Waals surface area contributed by atoms with E-state index in [9.17, 15) is 4.79 Å². The molecule has 3 rings (SSSR count). The van der Waals surface area contributed by atoms with Gasteiger partial charge in [0.25, 0.3) is 0 Å². The van der Waals surface area contributed by atoms with Gasteiger partial charge in [0.15, 0.2) is 5.13 Å². The number of thiazole rings is 1. The molecule has 0 bridgehead atoms. The first-order valence-corrected chi connectivity index (χ1v) is 8.61. The Balaban J connectivity index is 1.53. The second-order valence-corrected chi connectivity index (χ2v) is 7.07. The summed E-state index contributed by atoms with van der Waals surface area (Å²) in [5.41, 5.74) is 1.03. The number of carbonyl (C=O) groups excluding carboxylic acids is 1. The molecule has 1 amide bonds. The van der Waals surface area contributed by atoms with Gasteiger partial charge >= 0.3 is 0 Å².